The molecule has 20 heavy (non-hydrogen) atoms. The lowest BCUT2D eigenvalue weighted by Gasteiger charge is -2.28. The molecule has 1 aromatic rings. The summed E-state index contributed by atoms with van der Waals surface area (Å²) in [6.07, 6.45) is 0. The highest BCUT2D eigenvalue weighted by molar-refractivity contribution is 5.98. The highest BCUT2D eigenvalue weighted by Gasteiger charge is 2.31. The van der Waals surface area contributed by atoms with Crippen LogP contribution >= 0.6 is 0 Å². The maximum atomic E-state index is 12.1. The van der Waals surface area contributed by atoms with Crippen molar-refractivity contribution in [2.45, 2.75) is 12.5 Å². The van der Waals surface area contributed by atoms with Crippen LogP contribution in [-0.2, 0) is 4.79 Å². The van der Waals surface area contributed by atoms with E-state index in [1.807, 2.05) is 0 Å². The molecule has 0 aliphatic heterocycles. The molecule has 1 aromatic carbocycles. The van der Waals surface area contributed by atoms with Crippen LogP contribution in [0.1, 0.15) is 17.3 Å². The van der Waals surface area contributed by atoms with Crippen LogP contribution in [-0.4, -0.2) is 52.6 Å². The van der Waals surface area contributed by atoms with Crippen LogP contribution in [0.3, 0.4) is 0 Å². The molecule has 1 rings (SSSR count). The fourth-order valence-corrected chi connectivity index (χ4v) is 1.47. The van der Waals surface area contributed by atoms with E-state index in [9.17, 15) is 9.59 Å². The Kier molecular flexibility index (Phi) is 5.63. The molecule has 0 spiro atoms. The summed E-state index contributed by atoms with van der Waals surface area (Å²) in [7, 11) is 0. The average molecular weight is 283 g/mol. The fraction of sp³-hybridized carbons (Fsp3) is 0.385. The predicted octanol–water partition coefficient (Wildman–Crippen LogP) is -0.943. The lowest BCUT2D eigenvalue weighted by Crippen LogP contribution is -2.57. The third kappa shape index (κ3) is 3.77. The van der Waals surface area contributed by atoms with Gasteiger partial charge in [0.15, 0.2) is 0 Å². The van der Waals surface area contributed by atoms with Gasteiger partial charge >= 0.3 is 5.97 Å². The number of esters is 1. The van der Waals surface area contributed by atoms with Crippen LogP contribution < -0.4 is 10.1 Å². The van der Waals surface area contributed by atoms with Crippen molar-refractivity contribution in [2.75, 3.05) is 19.8 Å². The molecule has 0 aliphatic rings. The van der Waals surface area contributed by atoms with Crippen molar-refractivity contribution < 1.29 is 29.6 Å². The second-order valence-corrected chi connectivity index (χ2v) is 4.30. The summed E-state index contributed by atoms with van der Waals surface area (Å²) in [6, 6.07) is 6.02. The van der Waals surface area contributed by atoms with Crippen molar-refractivity contribution in [3.05, 3.63) is 29.8 Å². The van der Waals surface area contributed by atoms with Crippen molar-refractivity contribution >= 4 is 11.9 Å². The second kappa shape index (κ2) is 6.99. The van der Waals surface area contributed by atoms with Gasteiger partial charge in [0.2, 0.25) is 0 Å². The molecule has 0 heterocycles. The zero-order valence-corrected chi connectivity index (χ0v) is 11.0. The minimum absolute atomic E-state index is 0.0558. The number of ether oxygens (including phenoxy) is 1. The zero-order valence-electron chi connectivity index (χ0n) is 11.0. The Balaban J connectivity index is 3.00. The first-order valence-electron chi connectivity index (χ1n) is 5.90. The van der Waals surface area contributed by atoms with Crippen LogP contribution in [0.4, 0.5) is 0 Å². The van der Waals surface area contributed by atoms with Crippen LogP contribution in [0.5, 0.6) is 5.75 Å². The number of aliphatic hydroxyl groups is 3. The van der Waals surface area contributed by atoms with Gasteiger partial charge in [-0.05, 0) is 12.1 Å². The third-order valence-electron chi connectivity index (χ3n) is 2.67. The van der Waals surface area contributed by atoms with Gasteiger partial charge in [-0.15, -0.1) is 0 Å². The van der Waals surface area contributed by atoms with E-state index in [-0.39, 0.29) is 11.3 Å². The predicted molar refractivity (Wildman–Crippen MR) is 69.2 cm³/mol. The maximum absolute atomic E-state index is 12.1. The summed E-state index contributed by atoms with van der Waals surface area (Å²) in [6.45, 7) is -0.710. The molecule has 7 heteroatoms. The zero-order chi connectivity index (χ0) is 15.2. The van der Waals surface area contributed by atoms with E-state index < -0.39 is 37.2 Å². The van der Waals surface area contributed by atoms with Crippen molar-refractivity contribution in [3.63, 3.8) is 0 Å². The number of aliphatic hydroxyl groups excluding tert-OH is 3. The van der Waals surface area contributed by atoms with Gasteiger partial charge in [0.05, 0.1) is 25.4 Å². The van der Waals surface area contributed by atoms with Crippen molar-refractivity contribution in [1.29, 1.82) is 0 Å². The molecular formula is C13H17NO6. The van der Waals surface area contributed by atoms with E-state index in [1.165, 1.54) is 19.1 Å². The molecule has 0 radical (unpaired) electrons. The Morgan fingerprint density at radius 1 is 1.15 bits per heavy atom. The molecule has 0 atom stereocenters. The number of nitrogens with one attached hydrogen (secondary N) is 1. The van der Waals surface area contributed by atoms with E-state index in [4.69, 9.17) is 20.1 Å². The quantitative estimate of drug-likeness (QED) is 0.395. The Bertz CT molecular complexity index is 475. The lowest BCUT2D eigenvalue weighted by molar-refractivity contribution is -0.131. The lowest BCUT2D eigenvalue weighted by atomic mass is 10.0. The van der Waals surface area contributed by atoms with Gasteiger partial charge in [-0.25, -0.2) is 0 Å². The van der Waals surface area contributed by atoms with Gasteiger partial charge in [0.1, 0.15) is 11.3 Å². The number of amides is 1. The molecule has 0 saturated heterocycles. The summed E-state index contributed by atoms with van der Waals surface area (Å²) < 4.78 is 4.89. The number of para-hydroxylation sites is 1. The Hall–Kier alpha value is -1.96. The third-order valence-corrected chi connectivity index (χ3v) is 2.67. The first-order chi connectivity index (χ1) is 9.48. The summed E-state index contributed by atoms with van der Waals surface area (Å²) >= 11 is 0. The largest absolute Gasteiger partial charge is 0.426 e. The number of hydrogen-bond acceptors (Lipinski definition) is 6. The molecule has 110 valence electrons. The summed E-state index contributed by atoms with van der Waals surface area (Å²) in [4.78, 5) is 23.1. The van der Waals surface area contributed by atoms with E-state index in [0.29, 0.717) is 0 Å². The summed E-state index contributed by atoms with van der Waals surface area (Å²) in [5.41, 5.74) is -1.48. The molecule has 4 N–H and O–H groups in total. The smallest absolute Gasteiger partial charge is 0.308 e. The number of hydrogen-bond donors (Lipinski definition) is 4. The van der Waals surface area contributed by atoms with Gasteiger partial charge < -0.3 is 25.4 Å². The van der Waals surface area contributed by atoms with Gasteiger partial charge in [-0.3, -0.25) is 9.59 Å². The number of carbonyl (C=O) groups is 2. The Labute approximate surface area is 115 Å². The molecule has 0 aliphatic carbocycles. The molecule has 0 fully saturated rings. The first-order valence-corrected chi connectivity index (χ1v) is 5.90. The van der Waals surface area contributed by atoms with Crippen LogP contribution in [0.25, 0.3) is 0 Å². The normalized spacial score (nSPS) is 11.0. The summed E-state index contributed by atoms with van der Waals surface area (Å²) in [5.74, 6) is -1.21. The van der Waals surface area contributed by atoms with Crippen LogP contribution in [0.2, 0.25) is 0 Å². The van der Waals surface area contributed by atoms with Gasteiger partial charge in [-0.1, -0.05) is 12.1 Å². The number of benzene rings is 1. The fourth-order valence-electron chi connectivity index (χ4n) is 1.47. The second-order valence-electron chi connectivity index (χ2n) is 4.30. The van der Waals surface area contributed by atoms with Crippen molar-refractivity contribution in [3.8, 4) is 5.75 Å². The minimum Gasteiger partial charge on any atom is -0.426 e. The van der Waals surface area contributed by atoms with E-state index in [1.54, 1.807) is 12.1 Å². The summed E-state index contributed by atoms with van der Waals surface area (Å²) in [5, 5.41) is 29.8. The maximum Gasteiger partial charge on any atom is 0.308 e. The molecule has 0 saturated carbocycles. The van der Waals surface area contributed by atoms with Crippen molar-refractivity contribution in [1.82, 2.24) is 5.32 Å². The SMILES string of the molecule is CC(=O)Oc1ccccc1C(=O)NC(CO)(CO)CO. The Morgan fingerprint density at radius 2 is 1.70 bits per heavy atom. The number of carbonyl (C=O) groups excluding carboxylic acids is 2. The molecule has 0 aromatic heterocycles. The van der Waals surface area contributed by atoms with E-state index >= 15 is 0 Å². The van der Waals surface area contributed by atoms with Gasteiger partial charge in [0.25, 0.3) is 5.91 Å². The average Bonchev–Trinajstić information content (AvgIpc) is 2.44. The highest BCUT2D eigenvalue weighted by Crippen LogP contribution is 2.19. The molecule has 0 bridgehead atoms. The minimum atomic E-state index is -1.54. The highest BCUT2D eigenvalue weighted by atomic mass is 16.5. The van der Waals surface area contributed by atoms with Gasteiger partial charge in [0, 0.05) is 6.92 Å². The van der Waals surface area contributed by atoms with Gasteiger partial charge in [-0.2, -0.15) is 0 Å². The number of rotatable bonds is 6. The van der Waals surface area contributed by atoms with E-state index in [2.05, 4.69) is 5.32 Å². The van der Waals surface area contributed by atoms with E-state index in [0.717, 1.165) is 0 Å². The Morgan fingerprint density at radius 3 is 2.20 bits per heavy atom. The molecular weight excluding hydrogens is 266 g/mol. The topological polar surface area (TPSA) is 116 Å². The first kappa shape index (κ1) is 16.1. The monoisotopic (exact) mass is 283 g/mol. The van der Waals surface area contributed by atoms with Crippen LogP contribution in [0.15, 0.2) is 24.3 Å². The molecule has 1 amide bonds. The standard InChI is InChI=1S/C13H17NO6/c1-9(18)20-11-5-3-2-4-10(11)12(19)14-13(6-15,7-16)8-17/h2-5,15-17H,6-8H2,1H3,(H,14,19). The molecule has 7 nitrogen and oxygen atoms in total. The van der Waals surface area contributed by atoms with Crippen LogP contribution in [0, 0.1) is 0 Å². The van der Waals surface area contributed by atoms with Crippen molar-refractivity contribution in [2.24, 2.45) is 0 Å². The molecule has 0 unspecified atom stereocenters.